The minimum absolute atomic E-state index is 0.0164. The van der Waals surface area contributed by atoms with E-state index in [1.54, 1.807) is 0 Å². The lowest BCUT2D eigenvalue weighted by Gasteiger charge is -2.42. The molecule has 0 N–H and O–H groups in total. The van der Waals surface area contributed by atoms with Gasteiger partial charge in [0.15, 0.2) is 5.69 Å². The number of rotatable bonds is 8. The van der Waals surface area contributed by atoms with Gasteiger partial charge in [-0.2, -0.15) is 10.1 Å². The first-order valence-electron chi connectivity index (χ1n) is 14.1. The van der Waals surface area contributed by atoms with Crippen LogP contribution in [0.1, 0.15) is 52.9 Å². The number of aryl methyl sites for hydroxylation is 1. The highest BCUT2D eigenvalue weighted by Crippen LogP contribution is 2.46. The fraction of sp³-hybridized carbons (Fsp3) is 0.419. The van der Waals surface area contributed by atoms with Crippen LogP contribution in [0.25, 0.3) is 23.0 Å². The van der Waals surface area contributed by atoms with Crippen molar-refractivity contribution < 1.29 is 13.7 Å². The summed E-state index contributed by atoms with van der Waals surface area (Å²) in [5.74, 6) is 0.925. The quantitative estimate of drug-likeness (QED) is 0.307. The van der Waals surface area contributed by atoms with Crippen LogP contribution in [-0.4, -0.2) is 75.5 Å². The van der Waals surface area contributed by atoms with Crippen molar-refractivity contribution >= 4 is 5.91 Å². The lowest BCUT2D eigenvalue weighted by Crippen LogP contribution is -2.47. The number of hydrogen-bond acceptors (Lipinski definition) is 6. The average molecular weight is 543 g/mol. The summed E-state index contributed by atoms with van der Waals surface area (Å²) in [5.41, 5.74) is 5.28. The highest BCUT2D eigenvalue weighted by Gasteiger charge is 2.38. The van der Waals surface area contributed by atoms with Gasteiger partial charge in [0.2, 0.25) is 5.82 Å². The number of likely N-dealkylation sites (N-methyl/N-ethyl adjacent to an activating group) is 1. The molecule has 2 aliphatic rings. The van der Waals surface area contributed by atoms with Gasteiger partial charge in [0.25, 0.3) is 11.8 Å². The second kappa shape index (κ2) is 11.0. The van der Waals surface area contributed by atoms with Crippen LogP contribution in [0, 0.1) is 6.92 Å². The Bertz CT molecular complexity index is 1480. The minimum atomic E-state index is -0.289. The molecule has 0 radical (unpaired) electrons. The first-order valence-corrected chi connectivity index (χ1v) is 14.1. The fourth-order valence-electron chi connectivity index (χ4n) is 5.83. The monoisotopic (exact) mass is 542 g/mol. The number of halogens is 1. The average Bonchev–Trinajstić information content (AvgIpc) is 3.58. The molecule has 6 rings (SSSR count). The number of amides is 1. The van der Waals surface area contributed by atoms with Crippen molar-refractivity contribution in [1.82, 2.24) is 29.7 Å². The summed E-state index contributed by atoms with van der Waals surface area (Å²) in [6.45, 7) is 5.50. The first kappa shape index (κ1) is 26.4. The number of benzene rings is 2. The number of carbonyl (C=O) groups is 1. The topological polar surface area (TPSA) is 80.3 Å². The Kier molecular flexibility index (Phi) is 7.23. The van der Waals surface area contributed by atoms with Crippen LogP contribution in [-0.2, 0) is 12.0 Å². The van der Waals surface area contributed by atoms with Gasteiger partial charge in [0, 0.05) is 43.0 Å². The smallest absolute Gasteiger partial charge is 0.278 e. The summed E-state index contributed by atoms with van der Waals surface area (Å²) in [7, 11) is 2.08. The molecular weight excluding hydrogens is 507 g/mol. The molecule has 1 amide bonds. The molecule has 1 saturated carbocycles. The molecule has 2 aromatic carbocycles. The number of nitrogens with zero attached hydrogens (tertiary/aromatic N) is 6. The lowest BCUT2D eigenvalue weighted by atomic mass is 9.63. The Morgan fingerprint density at radius 2 is 1.82 bits per heavy atom. The van der Waals surface area contributed by atoms with Crippen molar-refractivity contribution in [3.63, 3.8) is 0 Å². The van der Waals surface area contributed by atoms with Gasteiger partial charge < -0.3 is 14.3 Å². The third-order valence-corrected chi connectivity index (χ3v) is 8.56. The van der Waals surface area contributed by atoms with Crippen molar-refractivity contribution in [1.29, 1.82) is 0 Å². The number of piperazine rings is 1. The number of aromatic nitrogens is 4. The van der Waals surface area contributed by atoms with Gasteiger partial charge in [-0.15, -0.1) is 0 Å². The van der Waals surface area contributed by atoms with Gasteiger partial charge in [-0.05, 0) is 68.0 Å². The molecular formula is C31H35FN6O2. The second-order valence-electron chi connectivity index (χ2n) is 11.2. The summed E-state index contributed by atoms with van der Waals surface area (Å²) in [6.07, 6.45) is 3.82. The molecule has 208 valence electrons. The molecule has 1 aliphatic carbocycles. The summed E-state index contributed by atoms with van der Waals surface area (Å²) < 4.78 is 20.6. The number of alkyl halides is 1. The van der Waals surface area contributed by atoms with E-state index in [2.05, 4.69) is 34.2 Å². The maximum absolute atomic E-state index is 13.1. The van der Waals surface area contributed by atoms with Gasteiger partial charge in [-0.25, -0.2) is 0 Å². The van der Waals surface area contributed by atoms with Gasteiger partial charge in [-0.1, -0.05) is 48.0 Å². The summed E-state index contributed by atoms with van der Waals surface area (Å²) in [6, 6.07) is 17.8. The molecule has 0 spiro atoms. The zero-order valence-corrected chi connectivity index (χ0v) is 23.1. The Morgan fingerprint density at radius 3 is 2.52 bits per heavy atom. The first-order chi connectivity index (χ1) is 19.4. The molecule has 9 heteroatoms. The third-order valence-electron chi connectivity index (χ3n) is 8.56. The van der Waals surface area contributed by atoms with E-state index in [9.17, 15) is 9.18 Å². The Balaban J connectivity index is 1.15. The van der Waals surface area contributed by atoms with Gasteiger partial charge in [0.05, 0.1) is 13.2 Å². The van der Waals surface area contributed by atoms with E-state index >= 15 is 0 Å². The predicted molar refractivity (Wildman–Crippen MR) is 151 cm³/mol. The molecule has 2 aromatic heterocycles. The van der Waals surface area contributed by atoms with E-state index in [-0.39, 0.29) is 18.0 Å². The molecule has 0 atom stereocenters. The minimum Gasteiger partial charge on any atom is -0.336 e. The van der Waals surface area contributed by atoms with Crippen LogP contribution in [0.2, 0.25) is 0 Å². The van der Waals surface area contributed by atoms with E-state index in [0.29, 0.717) is 35.9 Å². The number of carbonyl (C=O) groups excluding carboxylic acids is 1. The molecule has 1 saturated heterocycles. The van der Waals surface area contributed by atoms with Crippen LogP contribution in [0.3, 0.4) is 0 Å². The van der Waals surface area contributed by atoms with Crippen LogP contribution < -0.4 is 0 Å². The summed E-state index contributed by atoms with van der Waals surface area (Å²) in [4.78, 5) is 21.8. The van der Waals surface area contributed by atoms with E-state index in [0.717, 1.165) is 62.3 Å². The molecule has 40 heavy (non-hydrogen) atoms. The van der Waals surface area contributed by atoms with E-state index in [1.165, 1.54) is 5.56 Å². The van der Waals surface area contributed by atoms with Crippen molar-refractivity contribution in [2.24, 2.45) is 0 Å². The molecule has 0 unspecified atom stereocenters. The lowest BCUT2D eigenvalue weighted by molar-refractivity contribution is 0.0664. The highest BCUT2D eigenvalue weighted by molar-refractivity contribution is 5.94. The van der Waals surface area contributed by atoms with Crippen molar-refractivity contribution in [2.45, 2.75) is 44.6 Å². The van der Waals surface area contributed by atoms with Gasteiger partial charge in [-0.3, -0.25) is 13.9 Å². The molecule has 0 bridgehead atoms. The zero-order valence-electron chi connectivity index (χ0n) is 23.1. The van der Waals surface area contributed by atoms with Crippen LogP contribution >= 0.6 is 0 Å². The molecule has 4 aromatic rings. The van der Waals surface area contributed by atoms with E-state index < -0.39 is 0 Å². The highest BCUT2D eigenvalue weighted by atomic mass is 19.1. The maximum Gasteiger partial charge on any atom is 0.278 e. The zero-order chi connectivity index (χ0) is 27.7. The SMILES string of the molecule is Cc1cc(-c2nc(-c3ccc(C4(CCF)CCC4)cc3)no2)nn1Cc1cccc(C(=O)N2CCN(C)CC2)c1. The second-order valence-corrected chi connectivity index (χ2v) is 11.2. The summed E-state index contributed by atoms with van der Waals surface area (Å²) in [5, 5.41) is 8.91. The van der Waals surface area contributed by atoms with E-state index in [1.807, 2.05) is 59.0 Å². The van der Waals surface area contributed by atoms with Crippen molar-refractivity contribution in [2.75, 3.05) is 39.9 Å². The van der Waals surface area contributed by atoms with Gasteiger partial charge in [0.1, 0.15) is 0 Å². The molecule has 3 heterocycles. The van der Waals surface area contributed by atoms with Crippen molar-refractivity contribution in [3.05, 3.63) is 77.0 Å². The standard InChI is InChI=1S/C31H35FN6O2/c1-22-19-27(29-33-28(35-40-29)24-7-9-26(10-8-24)31(13-14-32)11-4-12-31)34-38(22)21-23-5-3-6-25(20-23)30(39)37-17-15-36(2)16-18-37/h3,5-10,19-20H,4,11-18,21H2,1-2H3. The van der Waals surface area contributed by atoms with Gasteiger partial charge >= 0.3 is 0 Å². The van der Waals surface area contributed by atoms with Crippen LogP contribution in [0.4, 0.5) is 4.39 Å². The normalized spacial score (nSPS) is 17.1. The fourth-order valence-corrected chi connectivity index (χ4v) is 5.83. The molecule has 2 fully saturated rings. The third kappa shape index (κ3) is 5.18. The van der Waals surface area contributed by atoms with E-state index in [4.69, 9.17) is 9.62 Å². The maximum atomic E-state index is 13.1. The Hall–Kier alpha value is -3.85. The molecule has 8 nitrogen and oxygen atoms in total. The largest absolute Gasteiger partial charge is 0.336 e. The Labute approximate surface area is 233 Å². The molecule has 1 aliphatic heterocycles. The van der Waals surface area contributed by atoms with Crippen molar-refractivity contribution in [3.8, 4) is 23.0 Å². The summed E-state index contributed by atoms with van der Waals surface area (Å²) >= 11 is 0. The van der Waals surface area contributed by atoms with Crippen LogP contribution in [0.15, 0.2) is 59.1 Å². The Morgan fingerprint density at radius 1 is 1.05 bits per heavy atom. The predicted octanol–water partition coefficient (Wildman–Crippen LogP) is 5.13. The number of hydrogen-bond donors (Lipinski definition) is 0. The van der Waals surface area contributed by atoms with Crippen LogP contribution in [0.5, 0.6) is 0 Å².